The maximum Gasteiger partial charge on any atom is 0.223 e. The zero-order chi connectivity index (χ0) is 11.3. The molecule has 0 N–H and O–H groups in total. The zero-order valence-electron chi connectivity index (χ0n) is 10.1. The Labute approximate surface area is 88.0 Å². The average molecular weight is 197 g/mol. The van der Waals surface area contributed by atoms with Crippen molar-refractivity contribution in [1.82, 2.24) is 4.90 Å². The van der Waals surface area contributed by atoms with Crippen LogP contribution in [0.4, 0.5) is 0 Å². The lowest BCUT2D eigenvalue weighted by atomic mass is 10.1. The highest BCUT2D eigenvalue weighted by atomic mass is 16.2. The Kier molecular flexibility index (Phi) is 5.51. The first kappa shape index (κ1) is 13.2. The standard InChI is InChI=1S/C12H23NO/c1-7-11(6)8-12(14)13(9(2)3)10(4)5/h7,9-11H,1,8H2,2-6H3. The molecule has 1 atom stereocenters. The molecule has 0 fully saturated rings. The molecule has 0 aromatic rings. The van der Waals surface area contributed by atoms with Gasteiger partial charge >= 0.3 is 0 Å². The molecule has 82 valence electrons. The van der Waals surface area contributed by atoms with Gasteiger partial charge in [-0.3, -0.25) is 4.79 Å². The second kappa shape index (κ2) is 5.84. The predicted molar refractivity (Wildman–Crippen MR) is 61.1 cm³/mol. The Morgan fingerprint density at radius 1 is 1.21 bits per heavy atom. The van der Waals surface area contributed by atoms with E-state index in [1.807, 2.05) is 17.9 Å². The molecule has 0 aliphatic heterocycles. The van der Waals surface area contributed by atoms with Crippen molar-refractivity contribution < 1.29 is 4.79 Å². The lowest BCUT2D eigenvalue weighted by molar-refractivity contribution is -0.135. The molecule has 0 spiro atoms. The van der Waals surface area contributed by atoms with Crippen molar-refractivity contribution in [2.45, 2.75) is 53.1 Å². The summed E-state index contributed by atoms with van der Waals surface area (Å²) in [7, 11) is 0. The van der Waals surface area contributed by atoms with Gasteiger partial charge in [-0.15, -0.1) is 6.58 Å². The highest BCUT2D eigenvalue weighted by Gasteiger charge is 2.20. The molecule has 2 heteroatoms. The van der Waals surface area contributed by atoms with E-state index in [1.165, 1.54) is 0 Å². The monoisotopic (exact) mass is 197 g/mol. The summed E-state index contributed by atoms with van der Waals surface area (Å²) >= 11 is 0. The Hall–Kier alpha value is -0.790. The molecule has 14 heavy (non-hydrogen) atoms. The Morgan fingerprint density at radius 3 is 1.93 bits per heavy atom. The second-order valence-corrected chi connectivity index (χ2v) is 4.41. The molecular weight excluding hydrogens is 174 g/mol. The number of nitrogens with zero attached hydrogens (tertiary/aromatic N) is 1. The minimum absolute atomic E-state index is 0.224. The van der Waals surface area contributed by atoms with E-state index in [-0.39, 0.29) is 23.9 Å². The van der Waals surface area contributed by atoms with Crippen molar-refractivity contribution in [3.05, 3.63) is 12.7 Å². The van der Waals surface area contributed by atoms with E-state index in [2.05, 4.69) is 34.3 Å². The van der Waals surface area contributed by atoms with Crippen molar-refractivity contribution >= 4 is 5.91 Å². The van der Waals surface area contributed by atoms with Crippen LogP contribution in [0.3, 0.4) is 0 Å². The highest BCUT2D eigenvalue weighted by molar-refractivity contribution is 5.77. The van der Waals surface area contributed by atoms with Gasteiger partial charge in [0.05, 0.1) is 0 Å². The SMILES string of the molecule is C=CC(C)CC(=O)N(C(C)C)C(C)C. The Morgan fingerprint density at radius 2 is 1.64 bits per heavy atom. The van der Waals surface area contributed by atoms with Crippen LogP contribution in [0.5, 0.6) is 0 Å². The predicted octanol–water partition coefficient (Wildman–Crippen LogP) is 2.84. The highest BCUT2D eigenvalue weighted by Crippen LogP contribution is 2.12. The minimum Gasteiger partial charge on any atom is -0.338 e. The van der Waals surface area contributed by atoms with Crippen LogP contribution in [0.15, 0.2) is 12.7 Å². The van der Waals surface area contributed by atoms with Crippen molar-refractivity contribution in [1.29, 1.82) is 0 Å². The summed E-state index contributed by atoms with van der Waals surface area (Å²) in [5.74, 6) is 0.491. The van der Waals surface area contributed by atoms with Crippen molar-refractivity contribution in [3.8, 4) is 0 Å². The summed E-state index contributed by atoms with van der Waals surface area (Å²) in [6, 6.07) is 0.555. The molecule has 0 rings (SSSR count). The largest absolute Gasteiger partial charge is 0.338 e. The normalized spacial score (nSPS) is 13.1. The van der Waals surface area contributed by atoms with Gasteiger partial charge in [-0.05, 0) is 33.6 Å². The van der Waals surface area contributed by atoms with Crippen molar-refractivity contribution in [2.24, 2.45) is 5.92 Å². The van der Waals surface area contributed by atoms with Crippen LogP contribution in [-0.2, 0) is 4.79 Å². The fraction of sp³-hybridized carbons (Fsp3) is 0.750. The summed E-state index contributed by atoms with van der Waals surface area (Å²) in [5.41, 5.74) is 0. The van der Waals surface area contributed by atoms with Gasteiger partial charge in [0.2, 0.25) is 5.91 Å². The summed E-state index contributed by atoms with van der Waals surface area (Å²) in [6.07, 6.45) is 2.40. The van der Waals surface area contributed by atoms with E-state index in [0.29, 0.717) is 6.42 Å². The van der Waals surface area contributed by atoms with Crippen LogP contribution in [0.2, 0.25) is 0 Å². The molecule has 0 heterocycles. The number of amides is 1. The van der Waals surface area contributed by atoms with Crippen LogP contribution in [0, 0.1) is 5.92 Å². The Bertz CT molecular complexity index is 188. The van der Waals surface area contributed by atoms with E-state index >= 15 is 0 Å². The molecule has 0 saturated heterocycles. The lowest BCUT2D eigenvalue weighted by Gasteiger charge is -2.31. The van der Waals surface area contributed by atoms with Crippen LogP contribution in [0.25, 0.3) is 0 Å². The van der Waals surface area contributed by atoms with Gasteiger partial charge < -0.3 is 4.90 Å². The molecule has 0 aliphatic carbocycles. The second-order valence-electron chi connectivity index (χ2n) is 4.41. The molecular formula is C12H23NO. The van der Waals surface area contributed by atoms with Gasteiger partial charge in [0, 0.05) is 18.5 Å². The van der Waals surface area contributed by atoms with Gasteiger partial charge in [0.15, 0.2) is 0 Å². The van der Waals surface area contributed by atoms with E-state index in [0.717, 1.165) is 0 Å². The maximum atomic E-state index is 11.9. The molecule has 0 aromatic heterocycles. The zero-order valence-corrected chi connectivity index (χ0v) is 10.1. The van der Waals surface area contributed by atoms with E-state index in [4.69, 9.17) is 0 Å². The molecule has 1 amide bonds. The van der Waals surface area contributed by atoms with E-state index in [1.54, 1.807) is 0 Å². The quantitative estimate of drug-likeness (QED) is 0.621. The van der Waals surface area contributed by atoms with Crippen molar-refractivity contribution in [2.75, 3.05) is 0 Å². The topological polar surface area (TPSA) is 20.3 Å². The third-order valence-electron chi connectivity index (χ3n) is 2.30. The third-order valence-corrected chi connectivity index (χ3v) is 2.30. The van der Waals surface area contributed by atoms with Crippen LogP contribution < -0.4 is 0 Å². The fourth-order valence-electron chi connectivity index (χ4n) is 1.64. The van der Waals surface area contributed by atoms with Gasteiger partial charge in [-0.1, -0.05) is 13.0 Å². The van der Waals surface area contributed by atoms with Gasteiger partial charge in [0.25, 0.3) is 0 Å². The first-order chi connectivity index (χ1) is 6.40. The summed E-state index contributed by atoms with van der Waals surface area (Å²) in [4.78, 5) is 13.8. The molecule has 0 saturated carbocycles. The first-order valence-corrected chi connectivity index (χ1v) is 5.33. The molecule has 0 aliphatic rings. The number of hydrogen-bond acceptors (Lipinski definition) is 1. The first-order valence-electron chi connectivity index (χ1n) is 5.33. The third kappa shape index (κ3) is 3.95. The minimum atomic E-state index is 0.224. The number of rotatable bonds is 5. The molecule has 1 unspecified atom stereocenters. The molecule has 0 radical (unpaired) electrons. The van der Waals surface area contributed by atoms with E-state index in [9.17, 15) is 4.79 Å². The van der Waals surface area contributed by atoms with Crippen LogP contribution in [-0.4, -0.2) is 22.9 Å². The van der Waals surface area contributed by atoms with Gasteiger partial charge in [-0.25, -0.2) is 0 Å². The van der Waals surface area contributed by atoms with Gasteiger partial charge in [0.1, 0.15) is 0 Å². The number of allylic oxidation sites excluding steroid dienone is 1. The summed E-state index contributed by atoms with van der Waals surface area (Å²) in [5, 5.41) is 0. The average Bonchev–Trinajstić information content (AvgIpc) is 2.02. The van der Waals surface area contributed by atoms with Crippen molar-refractivity contribution in [3.63, 3.8) is 0 Å². The maximum absolute atomic E-state index is 11.9. The number of hydrogen-bond donors (Lipinski definition) is 0. The number of carbonyl (C=O) groups is 1. The fourth-order valence-corrected chi connectivity index (χ4v) is 1.64. The van der Waals surface area contributed by atoms with Crippen LogP contribution in [0.1, 0.15) is 41.0 Å². The molecule has 2 nitrogen and oxygen atoms in total. The van der Waals surface area contributed by atoms with Gasteiger partial charge in [-0.2, -0.15) is 0 Å². The smallest absolute Gasteiger partial charge is 0.223 e. The number of carbonyl (C=O) groups excluding carboxylic acids is 1. The van der Waals surface area contributed by atoms with Crippen LogP contribution >= 0.6 is 0 Å². The molecule has 0 bridgehead atoms. The molecule has 0 aromatic carbocycles. The lowest BCUT2D eigenvalue weighted by Crippen LogP contribution is -2.42. The van der Waals surface area contributed by atoms with E-state index < -0.39 is 0 Å². The summed E-state index contributed by atoms with van der Waals surface area (Å²) < 4.78 is 0. The Balaban J connectivity index is 4.37. The summed E-state index contributed by atoms with van der Waals surface area (Å²) in [6.45, 7) is 13.9.